The summed E-state index contributed by atoms with van der Waals surface area (Å²) in [5.41, 5.74) is 0. The van der Waals surface area contributed by atoms with Crippen LogP contribution in [0.15, 0.2) is 0 Å². The Morgan fingerprint density at radius 2 is 2.08 bits per heavy atom. The molecule has 4 heteroatoms. The predicted molar refractivity (Wildman–Crippen MR) is 52.4 cm³/mol. The fraction of sp³-hybridized carbons (Fsp3) is 0.889. The summed E-state index contributed by atoms with van der Waals surface area (Å²) in [5, 5.41) is 0. The quantitative estimate of drug-likeness (QED) is 0.519. The van der Waals surface area contributed by atoms with Crippen molar-refractivity contribution >= 4 is 18.0 Å². The summed E-state index contributed by atoms with van der Waals surface area (Å²) in [5.74, 6) is 0.0771. The average molecular weight is 204 g/mol. The Bertz CT molecular complexity index is 155. The zero-order valence-corrected chi connectivity index (χ0v) is 8.77. The number of hydrogen-bond acceptors (Lipinski definition) is 4. The van der Waals surface area contributed by atoms with Crippen LogP contribution in [0.5, 0.6) is 0 Å². The molecule has 13 heavy (non-hydrogen) atoms. The fourth-order valence-electron chi connectivity index (χ4n) is 1.40. The summed E-state index contributed by atoms with van der Waals surface area (Å²) < 4.78 is 9.97. The van der Waals surface area contributed by atoms with Gasteiger partial charge in [0, 0.05) is 12.0 Å². The molecule has 1 fully saturated rings. The molecule has 0 aromatic carbocycles. The van der Waals surface area contributed by atoms with Crippen LogP contribution in [0.25, 0.3) is 0 Å². The van der Waals surface area contributed by atoms with Gasteiger partial charge in [-0.3, -0.25) is 4.79 Å². The lowest BCUT2D eigenvalue weighted by Crippen LogP contribution is -2.14. The van der Waals surface area contributed by atoms with Crippen molar-refractivity contribution in [3.63, 3.8) is 0 Å². The Morgan fingerprint density at radius 3 is 2.69 bits per heavy atom. The monoisotopic (exact) mass is 204 g/mol. The topological polar surface area (TPSA) is 35.5 Å². The van der Waals surface area contributed by atoms with E-state index in [4.69, 9.17) is 4.18 Å². The SMILES string of the molecule is COC(=O)CSOC1CCCCC1. The van der Waals surface area contributed by atoms with Crippen molar-refractivity contribution in [1.29, 1.82) is 0 Å². The molecule has 1 saturated carbocycles. The molecular weight excluding hydrogens is 188 g/mol. The zero-order valence-electron chi connectivity index (χ0n) is 7.95. The average Bonchev–Trinajstić information content (AvgIpc) is 2.19. The van der Waals surface area contributed by atoms with Gasteiger partial charge in [0.05, 0.1) is 13.2 Å². The molecule has 1 aliphatic rings. The lowest BCUT2D eigenvalue weighted by molar-refractivity contribution is -0.137. The summed E-state index contributed by atoms with van der Waals surface area (Å²) in [4.78, 5) is 10.7. The molecule has 0 amide bonds. The minimum atomic E-state index is -0.221. The lowest BCUT2D eigenvalue weighted by atomic mass is 9.98. The fourth-order valence-corrected chi connectivity index (χ4v) is 2.07. The van der Waals surface area contributed by atoms with E-state index in [2.05, 4.69) is 4.74 Å². The van der Waals surface area contributed by atoms with E-state index >= 15 is 0 Å². The molecule has 0 unspecified atom stereocenters. The third kappa shape index (κ3) is 4.52. The van der Waals surface area contributed by atoms with Crippen LogP contribution in [-0.4, -0.2) is 24.9 Å². The molecule has 76 valence electrons. The van der Waals surface area contributed by atoms with Crippen molar-refractivity contribution < 1.29 is 13.7 Å². The van der Waals surface area contributed by atoms with Crippen molar-refractivity contribution in [2.45, 2.75) is 38.2 Å². The number of carbonyl (C=O) groups is 1. The Balaban J connectivity index is 2.01. The molecule has 0 aliphatic heterocycles. The summed E-state index contributed by atoms with van der Waals surface area (Å²) in [6, 6.07) is 0. The maximum absolute atomic E-state index is 10.7. The van der Waals surface area contributed by atoms with E-state index in [1.165, 1.54) is 38.4 Å². The van der Waals surface area contributed by atoms with Gasteiger partial charge in [0.25, 0.3) is 0 Å². The first kappa shape index (κ1) is 10.9. The predicted octanol–water partition coefficient (Wildman–Crippen LogP) is 2.16. The highest BCUT2D eigenvalue weighted by molar-refractivity contribution is 7.95. The normalized spacial score (nSPS) is 18.5. The van der Waals surface area contributed by atoms with Crippen molar-refractivity contribution in [3.8, 4) is 0 Å². The van der Waals surface area contributed by atoms with Crippen LogP contribution in [0, 0.1) is 0 Å². The summed E-state index contributed by atoms with van der Waals surface area (Å²) in [7, 11) is 1.39. The van der Waals surface area contributed by atoms with E-state index in [0.29, 0.717) is 11.9 Å². The largest absolute Gasteiger partial charge is 0.468 e. The highest BCUT2D eigenvalue weighted by atomic mass is 32.2. The van der Waals surface area contributed by atoms with Crippen LogP contribution in [-0.2, 0) is 13.7 Å². The molecular formula is C9H16O3S. The minimum Gasteiger partial charge on any atom is -0.468 e. The van der Waals surface area contributed by atoms with Gasteiger partial charge in [-0.2, -0.15) is 0 Å². The van der Waals surface area contributed by atoms with Gasteiger partial charge in [-0.1, -0.05) is 19.3 Å². The van der Waals surface area contributed by atoms with Gasteiger partial charge in [-0.15, -0.1) is 0 Å². The Labute approximate surface area is 83.4 Å². The molecule has 3 nitrogen and oxygen atoms in total. The molecule has 0 N–H and O–H groups in total. The second-order valence-electron chi connectivity index (χ2n) is 3.19. The van der Waals surface area contributed by atoms with Gasteiger partial charge < -0.3 is 8.92 Å². The molecule has 0 saturated heterocycles. The maximum atomic E-state index is 10.7. The van der Waals surface area contributed by atoms with Gasteiger partial charge in [0.1, 0.15) is 5.75 Å². The molecule has 0 bridgehead atoms. The maximum Gasteiger partial charge on any atom is 0.317 e. The van der Waals surface area contributed by atoms with Gasteiger partial charge in [0.2, 0.25) is 0 Å². The van der Waals surface area contributed by atoms with Crippen LogP contribution >= 0.6 is 12.0 Å². The number of hydrogen-bond donors (Lipinski definition) is 0. The molecule has 0 spiro atoms. The molecule has 1 rings (SSSR count). The van der Waals surface area contributed by atoms with E-state index in [1.54, 1.807) is 0 Å². The Morgan fingerprint density at radius 1 is 1.38 bits per heavy atom. The van der Waals surface area contributed by atoms with Crippen LogP contribution < -0.4 is 0 Å². The minimum absolute atomic E-state index is 0.221. The van der Waals surface area contributed by atoms with Gasteiger partial charge in [-0.25, -0.2) is 0 Å². The van der Waals surface area contributed by atoms with Crippen LogP contribution in [0.2, 0.25) is 0 Å². The van der Waals surface area contributed by atoms with Crippen LogP contribution in [0.1, 0.15) is 32.1 Å². The molecule has 0 atom stereocenters. The van der Waals surface area contributed by atoms with E-state index in [-0.39, 0.29) is 5.97 Å². The summed E-state index contributed by atoms with van der Waals surface area (Å²) in [6.07, 6.45) is 6.44. The van der Waals surface area contributed by atoms with Crippen LogP contribution in [0.3, 0.4) is 0 Å². The lowest BCUT2D eigenvalue weighted by Gasteiger charge is -2.20. The second kappa shape index (κ2) is 6.27. The highest BCUT2D eigenvalue weighted by Gasteiger charge is 2.14. The van der Waals surface area contributed by atoms with Crippen molar-refractivity contribution in [3.05, 3.63) is 0 Å². The smallest absolute Gasteiger partial charge is 0.317 e. The van der Waals surface area contributed by atoms with Gasteiger partial charge >= 0.3 is 5.97 Å². The van der Waals surface area contributed by atoms with E-state index in [9.17, 15) is 4.79 Å². The first-order valence-electron chi connectivity index (χ1n) is 4.68. The molecule has 0 aromatic rings. The standard InChI is InChI=1S/C9H16O3S/c1-11-9(10)7-13-12-8-5-3-2-4-6-8/h8H,2-7H2,1H3. The first-order valence-corrected chi connectivity index (χ1v) is 5.59. The van der Waals surface area contributed by atoms with E-state index in [0.717, 1.165) is 12.8 Å². The first-order chi connectivity index (χ1) is 6.33. The Hall–Kier alpha value is -0.220. The van der Waals surface area contributed by atoms with Gasteiger partial charge in [-0.05, 0) is 12.8 Å². The molecule has 0 radical (unpaired) electrons. The van der Waals surface area contributed by atoms with E-state index < -0.39 is 0 Å². The number of methoxy groups -OCH3 is 1. The number of carbonyl (C=O) groups excluding carboxylic acids is 1. The number of rotatable bonds is 4. The molecule has 1 aliphatic carbocycles. The summed E-state index contributed by atoms with van der Waals surface area (Å²) in [6.45, 7) is 0. The summed E-state index contributed by atoms with van der Waals surface area (Å²) >= 11 is 1.22. The van der Waals surface area contributed by atoms with E-state index in [1.807, 2.05) is 0 Å². The zero-order chi connectivity index (χ0) is 9.52. The molecule has 0 aromatic heterocycles. The van der Waals surface area contributed by atoms with Crippen LogP contribution in [0.4, 0.5) is 0 Å². The van der Waals surface area contributed by atoms with Crippen molar-refractivity contribution in [2.75, 3.05) is 12.9 Å². The third-order valence-electron chi connectivity index (χ3n) is 2.16. The van der Waals surface area contributed by atoms with Crippen molar-refractivity contribution in [2.24, 2.45) is 0 Å². The Kier molecular flexibility index (Phi) is 5.23. The van der Waals surface area contributed by atoms with Gasteiger partial charge in [0.15, 0.2) is 0 Å². The second-order valence-corrected chi connectivity index (χ2v) is 3.91. The highest BCUT2D eigenvalue weighted by Crippen LogP contribution is 2.23. The number of esters is 1. The number of ether oxygens (including phenoxy) is 1. The van der Waals surface area contributed by atoms with Crippen molar-refractivity contribution in [1.82, 2.24) is 0 Å². The third-order valence-corrected chi connectivity index (χ3v) is 2.92. The molecule has 0 heterocycles.